The van der Waals surface area contributed by atoms with Gasteiger partial charge in [0, 0.05) is 39.3 Å². The zero-order chi connectivity index (χ0) is 63.0. The Morgan fingerprint density at radius 3 is 0.616 bits per heavy atom. The standard InChI is InChI=1S/C70H134N4O12/c1-7-11-15-19-23-27-31-35-39-43-55-81-67(77)61-73(62-68(78)82-56-44-40-36-32-28-24-20-16-12-8-2)53-59-85-65(75)47-49-71(5)51-52-72(6)50-48-66(76)86-60-54-74(63-69(79)83-57-45-41-37-33-29-25-21-17-13-9-3)64-70(80)84-58-46-42-38-34-30-26-22-18-14-10-4/h7-64H2,1-6H3. The molecule has 0 radical (unpaired) electrons. The highest BCUT2D eigenvalue weighted by atomic mass is 16.6. The van der Waals surface area contributed by atoms with E-state index in [0.717, 1.165) is 77.0 Å². The Labute approximate surface area is 527 Å². The van der Waals surface area contributed by atoms with Gasteiger partial charge in [0.1, 0.15) is 13.2 Å². The SMILES string of the molecule is CCCCCCCCCCCCOC(=O)CN(CCOC(=O)CCN(C)CCN(C)CCC(=O)OCCN(CC(=O)OCCCCCCCCCCCC)CC(=O)OCCCCCCCCCCCC)CC(=O)OCCCCCCCCCCCC. The number of carbonyl (C=O) groups excluding carboxylic acids is 6. The minimum Gasteiger partial charge on any atom is -0.465 e. The van der Waals surface area contributed by atoms with Crippen LogP contribution in [0.4, 0.5) is 0 Å². The molecule has 0 aliphatic rings. The summed E-state index contributed by atoms with van der Waals surface area (Å²) in [7, 11) is 3.85. The average Bonchev–Trinajstić information content (AvgIpc) is 3.55. The molecule has 0 aliphatic heterocycles. The maximum atomic E-state index is 12.9. The van der Waals surface area contributed by atoms with Gasteiger partial charge in [0.05, 0.1) is 65.4 Å². The third kappa shape index (κ3) is 60.9. The summed E-state index contributed by atoms with van der Waals surface area (Å²) in [6.07, 6.45) is 47.9. The van der Waals surface area contributed by atoms with Crippen LogP contribution in [0.25, 0.3) is 0 Å². The fourth-order valence-electron chi connectivity index (χ4n) is 10.3. The Morgan fingerprint density at radius 2 is 0.407 bits per heavy atom. The van der Waals surface area contributed by atoms with E-state index in [1.54, 1.807) is 9.80 Å². The van der Waals surface area contributed by atoms with Crippen molar-refractivity contribution in [3.05, 3.63) is 0 Å². The number of hydrogen-bond acceptors (Lipinski definition) is 16. The first kappa shape index (κ1) is 82.7. The fraction of sp³-hybridized carbons (Fsp3) is 0.914. The van der Waals surface area contributed by atoms with Crippen LogP contribution in [0.3, 0.4) is 0 Å². The number of rotatable bonds is 67. The zero-order valence-corrected chi connectivity index (χ0v) is 56.7. The summed E-state index contributed by atoms with van der Waals surface area (Å²) in [4.78, 5) is 84.6. The van der Waals surface area contributed by atoms with Gasteiger partial charge in [-0.05, 0) is 39.8 Å². The number of esters is 6. The first-order chi connectivity index (χ1) is 41.9. The molecule has 0 saturated carbocycles. The van der Waals surface area contributed by atoms with E-state index >= 15 is 0 Å². The van der Waals surface area contributed by atoms with Gasteiger partial charge in [0.15, 0.2) is 0 Å². The van der Waals surface area contributed by atoms with E-state index in [2.05, 4.69) is 27.7 Å². The molecule has 0 fully saturated rings. The minimum absolute atomic E-state index is 0.0227. The molecule has 16 nitrogen and oxygen atoms in total. The Balaban J connectivity index is 4.87. The summed E-state index contributed by atoms with van der Waals surface area (Å²) in [5.74, 6) is -2.38. The Hall–Kier alpha value is -3.34. The van der Waals surface area contributed by atoms with Crippen LogP contribution in [0.2, 0.25) is 0 Å². The van der Waals surface area contributed by atoms with Crippen molar-refractivity contribution in [3.8, 4) is 0 Å². The van der Waals surface area contributed by atoms with E-state index < -0.39 is 23.9 Å². The lowest BCUT2D eigenvalue weighted by Crippen LogP contribution is -2.39. The van der Waals surface area contributed by atoms with Gasteiger partial charge < -0.3 is 38.2 Å². The highest BCUT2D eigenvalue weighted by Crippen LogP contribution is 2.15. The number of likely N-dealkylation sites (N-methyl/N-ethyl adjacent to an activating group) is 2. The highest BCUT2D eigenvalue weighted by molar-refractivity contribution is 5.76. The quantitative estimate of drug-likeness (QED) is 0.0320. The molecule has 0 unspecified atom stereocenters. The van der Waals surface area contributed by atoms with Crippen molar-refractivity contribution < 1.29 is 57.2 Å². The Kier molecular flexibility index (Phi) is 62.1. The van der Waals surface area contributed by atoms with Crippen LogP contribution in [0.5, 0.6) is 0 Å². The number of hydrogen-bond donors (Lipinski definition) is 0. The third-order valence-electron chi connectivity index (χ3n) is 16.1. The molecule has 0 N–H and O–H groups in total. The summed E-state index contributed by atoms with van der Waals surface area (Å²) < 4.78 is 33.4. The molecule has 0 amide bonds. The summed E-state index contributed by atoms with van der Waals surface area (Å²) in [5.41, 5.74) is 0. The molecule has 0 aromatic carbocycles. The molecule has 86 heavy (non-hydrogen) atoms. The number of unbranched alkanes of at least 4 members (excludes halogenated alkanes) is 36. The lowest BCUT2D eigenvalue weighted by molar-refractivity contribution is -0.152. The number of nitrogens with zero attached hydrogens (tertiary/aromatic N) is 4. The van der Waals surface area contributed by atoms with Gasteiger partial charge in [-0.1, -0.05) is 259 Å². The molecule has 0 saturated heterocycles. The predicted molar refractivity (Wildman–Crippen MR) is 350 cm³/mol. The van der Waals surface area contributed by atoms with Crippen molar-refractivity contribution in [1.82, 2.24) is 19.6 Å². The molecule has 0 heterocycles. The van der Waals surface area contributed by atoms with Crippen LogP contribution < -0.4 is 0 Å². The second kappa shape index (κ2) is 64.6. The zero-order valence-electron chi connectivity index (χ0n) is 56.7. The smallest absolute Gasteiger partial charge is 0.320 e. The maximum absolute atomic E-state index is 12.9. The fourth-order valence-corrected chi connectivity index (χ4v) is 10.3. The van der Waals surface area contributed by atoms with Crippen molar-refractivity contribution in [2.24, 2.45) is 0 Å². The molecular weight excluding hydrogens is 1090 g/mol. The Morgan fingerprint density at radius 1 is 0.221 bits per heavy atom. The van der Waals surface area contributed by atoms with E-state index in [-0.39, 0.29) is 77.3 Å². The molecule has 0 aliphatic carbocycles. The second-order valence-corrected chi connectivity index (χ2v) is 24.6. The molecule has 0 aromatic heterocycles. The van der Waals surface area contributed by atoms with Crippen LogP contribution in [-0.4, -0.2) is 175 Å². The molecule has 0 aromatic rings. The summed E-state index contributed by atoms with van der Waals surface area (Å²) in [6.45, 7) is 12.6. The van der Waals surface area contributed by atoms with Gasteiger partial charge >= 0.3 is 35.8 Å². The van der Waals surface area contributed by atoms with Crippen molar-refractivity contribution in [1.29, 1.82) is 0 Å². The van der Waals surface area contributed by atoms with Crippen LogP contribution in [0.15, 0.2) is 0 Å². The van der Waals surface area contributed by atoms with E-state index in [1.165, 1.54) is 180 Å². The Bertz CT molecular complexity index is 1380. The van der Waals surface area contributed by atoms with Gasteiger partial charge in [-0.3, -0.25) is 38.6 Å². The first-order valence-corrected chi connectivity index (χ1v) is 35.7. The third-order valence-corrected chi connectivity index (χ3v) is 16.1. The minimum atomic E-state index is -0.407. The molecule has 0 spiro atoms. The van der Waals surface area contributed by atoms with Crippen LogP contribution >= 0.6 is 0 Å². The van der Waals surface area contributed by atoms with E-state index in [0.29, 0.717) is 52.6 Å². The van der Waals surface area contributed by atoms with Crippen LogP contribution in [0.1, 0.15) is 297 Å². The number of ether oxygens (including phenoxy) is 6. The largest absolute Gasteiger partial charge is 0.465 e. The topological polar surface area (TPSA) is 171 Å². The van der Waals surface area contributed by atoms with E-state index in [9.17, 15) is 28.8 Å². The van der Waals surface area contributed by atoms with Crippen LogP contribution in [-0.2, 0) is 57.2 Å². The number of carbonyl (C=O) groups is 6. The first-order valence-electron chi connectivity index (χ1n) is 35.7. The van der Waals surface area contributed by atoms with Gasteiger partial charge in [0.2, 0.25) is 0 Å². The van der Waals surface area contributed by atoms with Gasteiger partial charge in [-0.2, -0.15) is 0 Å². The molecule has 16 heteroatoms. The average molecular weight is 1220 g/mol. The summed E-state index contributed by atoms with van der Waals surface area (Å²) in [6, 6.07) is 0. The van der Waals surface area contributed by atoms with Gasteiger partial charge in [-0.15, -0.1) is 0 Å². The lowest BCUT2D eigenvalue weighted by Gasteiger charge is -2.22. The molecule has 0 bridgehead atoms. The maximum Gasteiger partial charge on any atom is 0.320 e. The van der Waals surface area contributed by atoms with Gasteiger partial charge in [0.25, 0.3) is 0 Å². The monoisotopic (exact) mass is 1220 g/mol. The normalized spacial score (nSPS) is 11.5. The summed E-state index contributed by atoms with van der Waals surface area (Å²) >= 11 is 0. The lowest BCUT2D eigenvalue weighted by atomic mass is 10.1. The second-order valence-electron chi connectivity index (χ2n) is 24.6. The predicted octanol–water partition coefficient (Wildman–Crippen LogP) is 15.2. The van der Waals surface area contributed by atoms with E-state index in [1.807, 2.05) is 23.9 Å². The van der Waals surface area contributed by atoms with E-state index in [4.69, 9.17) is 28.4 Å². The molecule has 506 valence electrons. The summed E-state index contributed by atoms with van der Waals surface area (Å²) in [5, 5.41) is 0. The van der Waals surface area contributed by atoms with Gasteiger partial charge in [-0.25, -0.2) is 0 Å². The molecule has 0 rings (SSSR count). The molecular formula is C70H134N4O12. The highest BCUT2D eigenvalue weighted by Gasteiger charge is 2.20. The van der Waals surface area contributed by atoms with Crippen molar-refractivity contribution in [2.75, 3.05) is 119 Å². The van der Waals surface area contributed by atoms with Crippen LogP contribution in [0, 0.1) is 0 Å². The van der Waals surface area contributed by atoms with Crippen molar-refractivity contribution >= 4 is 35.8 Å². The molecule has 0 atom stereocenters. The van der Waals surface area contributed by atoms with Crippen molar-refractivity contribution in [2.45, 2.75) is 297 Å². The van der Waals surface area contributed by atoms with Crippen molar-refractivity contribution in [3.63, 3.8) is 0 Å².